The first-order valence-corrected chi connectivity index (χ1v) is 8.90. The second kappa shape index (κ2) is 6.48. The number of aromatic nitrogens is 3. The van der Waals surface area contributed by atoms with Crippen molar-refractivity contribution in [3.8, 4) is 5.82 Å². The summed E-state index contributed by atoms with van der Waals surface area (Å²) in [4.78, 5) is 17.2. The smallest absolute Gasteiger partial charge is 0.245 e. The van der Waals surface area contributed by atoms with Gasteiger partial charge in [-0.2, -0.15) is 5.10 Å². The highest BCUT2D eigenvalue weighted by Gasteiger charge is 2.62. The first-order chi connectivity index (χ1) is 12.2. The summed E-state index contributed by atoms with van der Waals surface area (Å²) >= 11 is 0. The molecule has 1 aliphatic rings. The summed E-state index contributed by atoms with van der Waals surface area (Å²) in [6.07, 6.45) is 2.13. The standard InChI is InChI=1S/C19H27N5O2/c1-6-26-15-10-19(20,18(15,4)5)17(25)22-14-7-8-16(21-11-14)24-13(3)9-12(2)23-24/h7-9,11,15H,6,10,20H2,1-5H3,(H,22,25). The molecule has 2 unspecified atom stereocenters. The zero-order chi connectivity index (χ0) is 19.1. The number of pyridine rings is 1. The topological polar surface area (TPSA) is 95.1 Å². The monoisotopic (exact) mass is 357 g/mol. The largest absolute Gasteiger partial charge is 0.378 e. The van der Waals surface area contributed by atoms with E-state index in [1.165, 1.54) is 0 Å². The van der Waals surface area contributed by atoms with Crippen LogP contribution in [0.15, 0.2) is 24.4 Å². The van der Waals surface area contributed by atoms with Crippen LogP contribution in [0.2, 0.25) is 0 Å². The maximum atomic E-state index is 12.8. The van der Waals surface area contributed by atoms with Crippen LogP contribution in [-0.2, 0) is 9.53 Å². The predicted molar refractivity (Wildman–Crippen MR) is 100 cm³/mol. The molecule has 2 heterocycles. The molecule has 0 spiro atoms. The first-order valence-electron chi connectivity index (χ1n) is 8.90. The van der Waals surface area contributed by atoms with Crippen molar-refractivity contribution in [1.82, 2.24) is 14.8 Å². The van der Waals surface area contributed by atoms with Gasteiger partial charge in [0.25, 0.3) is 0 Å². The van der Waals surface area contributed by atoms with Crippen LogP contribution in [0.5, 0.6) is 0 Å². The van der Waals surface area contributed by atoms with Gasteiger partial charge >= 0.3 is 0 Å². The number of hydrogen-bond acceptors (Lipinski definition) is 5. The zero-order valence-electron chi connectivity index (χ0n) is 16.0. The summed E-state index contributed by atoms with van der Waals surface area (Å²) < 4.78 is 7.46. The molecule has 7 nitrogen and oxygen atoms in total. The van der Waals surface area contributed by atoms with Gasteiger partial charge in [-0.3, -0.25) is 4.79 Å². The maximum absolute atomic E-state index is 12.8. The Morgan fingerprint density at radius 1 is 1.42 bits per heavy atom. The molecule has 1 amide bonds. The normalized spacial score (nSPS) is 24.2. The summed E-state index contributed by atoms with van der Waals surface area (Å²) in [6, 6.07) is 5.63. The van der Waals surface area contributed by atoms with E-state index < -0.39 is 11.0 Å². The Labute approximate surface area is 153 Å². The highest BCUT2D eigenvalue weighted by atomic mass is 16.5. The number of aryl methyl sites for hydroxylation is 2. The summed E-state index contributed by atoms with van der Waals surface area (Å²) in [5.41, 5.74) is 7.58. The molecule has 3 rings (SSSR count). The van der Waals surface area contributed by atoms with Crippen LogP contribution in [0, 0.1) is 19.3 Å². The molecule has 2 aromatic rings. The quantitative estimate of drug-likeness (QED) is 0.856. The highest BCUT2D eigenvalue weighted by Crippen LogP contribution is 2.50. The zero-order valence-corrected chi connectivity index (χ0v) is 16.0. The van der Waals surface area contributed by atoms with E-state index >= 15 is 0 Å². The Hall–Kier alpha value is -2.25. The number of anilines is 1. The summed E-state index contributed by atoms with van der Waals surface area (Å²) in [5.74, 6) is 0.496. The van der Waals surface area contributed by atoms with Gasteiger partial charge in [0.15, 0.2) is 5.82 Å². The average Bonchev–Trinajstić information content (AvgIpc) is 2.93. The molecule has 3 N–H and O–H groups in total. The Bertz CT molecular complexity index is 812. The third kappa shape index (κ3) is 2.91. The van der Waals surface area contributed by atoms with E-state index in [-0.39, 0.29) is 12.0 Å². The predicted octanol–water partition coefficient (Wildman–Crippen LogP) is 2.36. The van der Waals surface area contributed by atoms with Gasteiger partial charge in [-0.05, 0) is 39.0 Å². The molecule has 26 heavy (non-hydrogen) atoms. The Morgan fingerprint density at radius 2 is 2.15 bits per heavy atom. The average molecular weight is 357 g/mol. The third-order valence-electron chi connectivity index (χ3n) is 5.47. The molecule has 2 atom stereocenters. The van der Waals surface area contributed by atoms with Gasteiger partial charge in [0, 0.05) is 24.1 Å². The number of nitrogens with zero attached hydrogens (tertiary/aromatic N) is 3. The number of rotatable bonds is 5. The summed E-state index contributed by atoms with van der Waals surface area (Å²) in [7, 11) is 0. The molecule has 140 valence electrons. The molecule has 0 saturated heterocycles. The second-order valence-corrected chi connectivity index (χ2v) is 7.54. The van der Waals surface area contributed by atoms with Crippen LogP contribution in [0.3, 0.4) is 0 Å². The fraction of sp³-hybridized carbons (Fsp3) is 0.526. The van der Waals surface area contributed by atoms with Gasteiger partial charge in [-0.1, -0.05) is 13.8 Å². The minimum atomic E-state index is -0.957. The van der Waals surface area contributed by atoms with Crippen LogP contribution >= 0.6 is 0 Å². The van der Waals surface area contributed by atoms with Crippen molar-refractivity contribution < 1.29 is 9.53 Å². The van der Waals surface area contributed by atoms with E-state index in [9.17, 15) is 4.79 Å². The molecule has 2 aromatic heterocycles. The van der Waals surface area contributed by atoms with Crippen molar-refractivity contribution >= 4 is 11.6 Å². The molecular weight excluding hydrogens is 330 g/mol. The van der Waals surface area contributed by atoms with Gasteiger partial charge in [0.1, 0.15) is 5.54 Å². The fourth-order valence-electron chi connectivity index (χ4n) is 3.51. The van der Waals surface area contributed by atoms with Crippen LogP contribution in [0.4, 0.5) is 5.69 Å². The van der Waals surface area contributed by atoms with E-state index in [0.717, 1.165) is 11.4 Å². The van der Waals surface area contributed by atoms with Crippen LogP contribution in [-0.4, -0.2) is 38.9 Å². The molecular formula is C19H27N5O2. The van der Waals surface area contributed by atoms with Crippen molar-refractivity contribution in [3.63, 3.8) is 0 Å². The lowest BCUT2D eigenvalue weighted by Crippen LogP contribution is -2.74. The molecule has 0 aromatic carbocycles. The number of carbonyl (C=O) groups is 1. The van der Waals surface area contributed by atoms with Gasteiger partial charge in [0.05, 0.1) is 23.7 Å². The number of ether oxygens (including phenoxy) is 1. The van der Waals surface area contributed by atoms with Gasteiger partial charge in [0.2, 0.25) is 5.91 Å². The molecule has 0 radical (unpaired) electrons. The van der Waals surface area contributed by atoms with Gasteiger partial charge in [-0.15, -0.1) is 0 Å². The molecule has 7 heteroatoms. The number of nitrogens with one attached hydrogen (secondary N) is 1. The molecule has 1 fully saturated rings. The van der Waals surface area contributed by atoms with Gasteiger partial charge in [-0.25, -0.2) is 9.67 Å². The summed E-state index contributed by atoms with van der Waals surface area (Å²) in [6.45, 7) is 10.4. The number of hydrogen-bond donors (Lipinski definition) is 2. The van der Waals surface area contributed by atoms with Gasteiger partial charge < -0.3 is 15.8 Å². The first kappa shape index (κ1) is 18.5. The highest BCUT2D eigenvalue weighted by molar-refractivity contribution is 5.99. The van der Waals surface area contributed by atoms with Crippen LogP contribution in [0.25, 0.3) is 5.82 Å². The van der Waals surface area contributed by atoms with E-state index in [1.54, 1.807) is 10.9 Å². The van der Waals surface area contributed by atoms with Crippen molar-refractivity contribution in [1.29, 1.82) is 0 Å². The number of carbonyl (C=O) groups excluding carboxylic acids is 1. The van der Waals surface area contributed by atoms with Crippen molar-refractivity contribution in [2.45, 2.75) is 52.7 Å². The van der Waals surface area contributed by atoms with Crippen molar-refractivity contribution in [3.05, 3.63) is 35.8 Å². The lowest BCUT2D eigenvalue weighted by atomic mass is 9.54. The lowest BCUT2D eigenvalue weighted by Gasteiger charge is -2.57. The summed E-state index contributed by atoms with van der Waals surface area (Å²) in [5, 5.41) is 7.30. The molecule has 1 saturated carbocycles. The lowest BCUT2D eigenvalue weighted by molar-refractivity contribution is -0.166. The maximum Gasteiger partial charge on any atom is 0.245 e. The van der Waals surface area contributed by atoms with Crippen molar-refractivity contribution in [2.75, 3.05) is 11.9 Å². The Morgan fingerprint density at radius 3 is 2.65 bits per heavy atom. The van der Waals surface area contributed by atoms with Crippen LogP contribution in [0.1, 0.15) is 38.6 Å². The van der Waals surface area contributed by atoms with E-state index in [1.807, 2.05) is 52.8 Å². The molecule has 0 bridgehead atoms. The van der Waals surface area contributed by atoms with Crippen LogP contribution < -0.4 is 11.1 Å². The van der Waals surface area contributed by atoms with E-state index in [4.69, 9.17) is 10.5 Å². The minimum Gasteiger partial charge on any atom is -0.378 e. The number of amides is 1. The molecule has 1 aliphatic carbocycles. The number of nitrogens with two attached hydrogens (primary N) is 1. The molecule has 0 aliphatic heterocycles. The Balaban J connectivity index is 1.72. The SMILES string of the molecule is CCOC1CC(N)(C(=O)Nc2ccc(-n3nc(C)cc3C)nc2)C1(C)C. The second-order valence-electron chi connectivity index (χ2n) is 7.54. The Kier molecular flexibility index (Phi) is 4.62. The minimum absolute atomic E-state index is 0.00483. The van der Waals surface area contributed by atoms with E-state index in [0.29, 0.717) is 24.5 Å². The fourth-order valence-corrected chi connectivity index (χ4v) is 3.51. The van der Waals surface area contributed by atoms with Crippen molar-refractivity contribution in [2.24, 2.45) is 11.1 Å². The third-order valence-corrected chi connectivity index (χ3v) is 5.47. The van der Waals surface area contributed by atoms with E-state index in [2.05, 4.69) is 15.4 Å².